The molecule has 1 aromatic rings. The standard InChI is InChI=1S/C15H18N2O5S/c1-3-21-14(19)9-5-7-10(8-6-9)17-13(23)11(12(16)18)15(20)22-4-2/h5-8,11H,3-4H2,1-2H3,(H2,16,18)(H,17,23)/t11-/m0/s1. The fourth-order valence-corrected chi connectivity index (χ4v) is 2.03. The van der Waals surface area contributed by atoms with Gasteiger partial charge in [-0.1, -0.05) is 12.2 Å². The van der Waals surface area contributed by atoms with Gasteiger partial charge in [-0.05, 0) is 38.1 Å². The molecule has 8 heteroatoms. The van der Waals surface area contributed by atoms with Crippen LogP contribution in [0.25, 0.3) is 0 Å². The monoisotopic (exact) mass is 338 g/mol. The normalized spacial score (nSPS) is 11.2. The van der Waals surface area contributed by atoms with E-state index in [4.69, 9.17) is 27.4 Å². The van der Waals surface area contributed by atoms with Crippen molar-refractivity contribution in [1.82, 2.24) is 0 Å². The minimum absolute atomic E-state index is 0.0696. The van der Waals surface area contributed by atoms with Gasteiger partial charge in [0.05, 0.1) is 18.8 Å². The maximum Gasteiger partial charge on any atom is 0.338 e. The summed E-state index contributed by atoms with van der Waals surface area (Å²) in [4.78, 5) is 34.6. The molecule has 1 atom stereocenters. The van der Waals surface area contributed by atoms with Crippen LogP contribution in [0.4, 0.5) is 5.69 Å². The number of esters is 2. The molecule has 124 valence electrons. The summed E-state index contributed by atoms with van der Waals surface area (Å²) in [7, 11) is 0. The van der Waals surface area contributed by atoms with Crippen molar-refractivity contribution < 1.29 is 23.9 Å². The third kappa shape index (κ3) is 5.33. The van der Waals surface area contributed by atoms with Gasteiger partial charge in [-0.15, -0.1) is 0 Å². The minimum Gasteiger partial charge on any atom is -0.465 e. The average Bonchev–Trinajstić information content (AvgIpc) is 2.48. The third-order valence-corrected chi connectivity index (χ3v) is 3.07. The second-order valence-corrected chi connectivity index (χ2v) is 4.81. The van der Waals surface area contributed by atoms with Crippen LogP contribution in [-0.2, 0) is 19.1 Å². The number of nitrogens with two attached hydrogens (primary N) is 1. The van der Waals surface area contributed by atoms with Gasteiger partial charge in [-0.2, -0.15) is 0 Å². The van der Waals surface area contributed by atoms with Gasteiger partial charge in [0, 0.05) is 5.69 Å². The molecule has 0 radical (unpaired) electrons. The Kier molecular flexibility index (Phi) is 7.14. The van der Waals surface area contributed by atoms with Crippen LogP contribution in [0.1, 0.15) is 24.2 Å². The molecule has 0 aliphatic heterocycles. The Hall–Kier alpha value is -2.48. The van der Waals surface area contributed by atoms with E-state index >= 15 is 0 Å². The molecule has 1 aromatic carbocycles. The van der Waals surface area contributed by atoms with Crippen molar-refractivity contribution in [3.8, 4) is 0 Å². The molecule has 0 saturated carbocycles. The minimum atomic E-state index is -1.37. The van der Waals surface area contributed by atoms with Gasteiger partial charge in [-0.25, -0.2) is 4.79 Å². The van der Waals surface area contributed by atoms with Crippen LogP contribution in [0.3, 0.4) is 0 Å². The number of benzene rings is 1. The van der Waals surface area contributed by atoms with Gasteiger partial charge in [0.1, 0.15) is 4.99 Å². The molecule has 1 amide bonds. The number of hydrogen-bond acceptors (Lipinski definition) is 6. The van der Waals surface area contributed by atoms with Crippen molar-refractivity contribution in [3.63, 3.8) is 0 Å². The number of hydrogen-bond donors (Lipinski definition) is 2. The number of anilines is 1. The van der Waals surface area contributed by atoms with Crippen molar-refractivity contribution in [2.45, 2.75) is 13.8 Å². The Labute approximate surface area is 139 Å². The quantitative estimate of drug-likeness (QED) is 0.438. The highest BCUT2D eigenvalue weighted by atomic mass is 32.1. The predicted octanol–water partition coefficient (Wildman–Crippen LogP) is 1.27. The number of carbonyl (C=O) groups is 3. The molecular weight excluding hydrogens is 320 g/mol. The molecule has 0 heterocycles. The van der Waals surface area contributed by atoms with E-state index in [-0.39, 0.29) is 18.2 Å². The maximum atomic E-state index is 11.7. The molecule has 7 nitrogen and oxygen atoms in total. The number of ether oxygens (including phenoxy) is 2. The van der Waals surface area contributed by atoms with Gasteiger partial charge in [-0.3, -0.25) is 9.59 Å². The summed E-state index contributed by atoms with van der Waals surface area (Å²) in [5, 5.41) is 2.74. The molecule has 1 rings (SSSR count). The van der Waals surface area contributed by atoms with Crippen LogP contribution < -0.4 is 11.1 Å². The Morgan fingerprint density at radius 1 is 1.13 bits per heavy atom. The molecular formula is C15H18N2O5S. The van der Waals surface area contributed by atoms with Gasteiger partial charge < -0.3 is 20.5 Å². The molecule has 3 N–H and O–H groups in total. The highest BCUT2D eigenvalue weighted by Crippen LogP contribution is 2.13. The molecule has 0 fully saturated rings. The van der Waals surface area contributed by atoms with Crippen LogP contribution in [0.15, 0.2) is 24.3 Å². The van der Waals surface area contributed by atoms with Crippen molar-refractivity contribution >= 4 is 40.7 Å². The van der Waals surface area contributed by atoms with Crippen LogP contribution >= 0.6 is 12.2 Å². The van der Waals surface area contributed by atoms with E-state index in [1.54, 1.807) is 26.0 Å². The van der Waals surface area contributed by atoms with Crippen LogP contribution in [0.2, 0.25) is 0 Å². The van der Waals surface area contributed by atoms with Gasteiger partial charge in [0.15, 0.2) is 5.92 Å². The van der Waals surface area contributed by atoms with Crippen molar-refractivity contribution in [2.75, 3.05) is 18.5 Å². The topological polar surface area (TPSA) is 108 Å². The Morgan fingerprint density at radius 3 is 2.17 bits per heavy atom. The molecule has 0 aliphatic carbocycles. The number of rotatable bonds is 7. The highest BCUT2D eigenvalue weighted by Gasteiger charge is 2.30. The summed E-state index contributed by atoms with van der Waals surface area (Å²) < 4.78 is 9.64. The van der Waals surface area contributed by atoms with E-state index in [1.165, 1.54) is 12.1 Å². The zero-order valence-corrected chi connectivity index (χ0v) is 13.6. The smallest absolute Gasteiger partial charge is 0.338 e. The molecule has 23 heavy (non-hydrogen) atoms. The fourth-order valence-electron chi connectivity index (χ4n) is 1.70. The Balaban J connectivity index is 2.81. The first-order chi connectivity index (χ1) is 10.9. The molecule has 0 aliphatic rings. The van der Waals surface area contributed by atoms with Gasteiger partial charge in [0.2, 0.25) is 5.91 Å². The molecule has 0 spiro atoms. The largest absolute Gasteiger partial charge is 0.465 e. The summed E-state index contributed by atoms with van der Waals surface area (Å²) in [6.07, 6.45) is 0. The first-order valence-corrected chi connectivity index (χ1v) is 7.35. The molecule has 0 bridgehead atoms. The van der Waals surface area contributed by atoms with E-state index < -0.39 is 23.8 Å². The Morgan fingerprint density at radius 2 is 1.70 bits per heavy atom. The number of carbonyl (C=O) groups excluding carboxylic acids is 3. The predicted molar refractivity (Wildman–Crippen MR) is 87.9 cm³/mol. The van der Waals surface area contributed by atoms with E-state index in [0.717, 1.165) is 0 Å². The first kappa shape index (κ1) is 18.6. The lowest BCUT2D eigenvalue weighted by atomic mass is 10.1. The summed E-state index contributed by atoms with van der Waals surface area (Å²) in [6, 6.07) is 6.21. The second-order valence-electron chi connectivity index (χ2n) is 4.37. The summed E-state index contributed by atoms with van der Waals surface area (Å²) in [6.45, 7) is 3.72. The summed E-state index contributed by atoms with van der Waals surface area (Å²) >= 11 is 5.05. The lowest BCUT2D eigenvalue weighted by Crippen LogP contribution is -2.40. The molecule has 0 unspecified atom stereocenters. The lowest BCUT2D eigenvalue weighted by molar-refractivity contribution is -0.148. The average molecular weight is 338 g/mol. The van der Waals surface area contributed by atoms with E-state index in [1.807, 2.05) is 0 Å². The number of primary amides is 1. The first-order valence-electron chi connectivity index (χ1n) is 6.94. The maximum absolute atomic E-state index is 11.7. The van der Waals surface area contributed by atoms with E-state index in [2.05, 4.69) is 5.32 Å². The fraction of sp³-hybridized carbons (Fsp3) is 0.333. The third-order valence-electron chi connectivity index (χ3n) is 2.73. The highest BCUT2D eigenvalue weighted by molar-refractivity contribution is 7.80. The second kappa shape index (κ2) is 8.84. The Bertz CT molecular complexity index is 600. The van der Waals surface area contributed by atoms with E-state index in [9.17, 15) is 14.4 Å². The number of nitrogens with one attached hydrogen (secondary N) is 1. The summed E-state index contributed by atoms with van der Waals surface area (Å²) in [5.41, 5.74) is 6.07. The van der Waals surface area contributed by atoms with Crippen molar-refractivity contribution in [1.29, 1.82) is 0 Å². The van der Waals surface area contributed by atoms with Crippen LogP contribution in [0.5, 0.6) is 0 Å². The van der Waals surface area contributed by atoms with Crippen molar-refractivity contribution in [2.24, 2.45) is 11.7 Å². The SMILES string of the molecule is CCOC(=O)c1ccc(NC(=S)[C@H](C(N)=O)C(=O)OCC)cc1. The van der Waals surface area contributed by atoms with Crippen LogP contribution in [0, 0.1) is 5.92 Å². The van der Waals surface area contributed by atoms with Gasteiger partial charge >= 0.3 is 11.9 Å². The lowest BCUT2D eigenvalue weighted by Gasteiger charge is -2.15. The van der Waals surface area contributed by atoms with E-state index in [0.29, 0.717) is 11.3 Å². The zero-order chi connectivity index (χ0) is 17.4. The summed E-state index contributed by atoms with van der Waals surface area (Å²) in [5.74, 6) is -3.51. The molecule has 0 aromatic heterocycles. The molecule has 0 saturated heterocycles. The van der Waals surface area contributed by atoms with Gasteiger partial charge in [0.25, 0.3) is 0 Å². The van der Waals surface area contributed by atoms with Crippen molar-refractivity contribution in [3.05, 3.63) is 29.8 Å². The zero-order valence-electron chi connectivity index (χ0n) is 12.8. The number of thiocarbonyl (C=S) groups is 1. The number of amides is 1. The van der Waals surface area contributed by atoms with Crippen LogP contribution in [-0.4, -0.2) is 36.0 Å².